The number of hydrogen-bond acceptors (Lipinski definition) is 5. The van der Waals surface area contributed by atoms with Crippen LogP contribution in [-0.4, -0.2) is 28.4 Å². The summed E-state index contributed by atoms with van der Waals surface area (Å²) in [6.45, 7) is 2.94. The average Bonchev–Trinajstić information content (AvgIpc) is 2.97. The molecule has 0 radical (unpaired) electrons. The maximum Gasteiger partial charge on any atom is 0.341 e. The van der Waals surface area contributed by atoms with Gasteiger partial charge in [-0.25, -0.2) is 4.79 Å². The third-order valence-electron chi connectivity index (χ3n) is 4.13. The molecule has 0 aliphatic carbocycles. The Balaban J connectivity index is 1.66. The molecule has 0 fully saturated rings. The van der Waals surface area contributed by atoms with Gasteiger partial charge in [-0.2, -0.15) is 0 Å². The van der Waals surface area contributed by atoms with Gasteiger partial charge < -0.3 is 15.0 Å². The number of benzene rings is 2. The van der Waals surface area contributed by atoms with Gasteiger partial charge in [-0.1, -0.05) is 18.2 Å². The van der Waals surface area contributed by atoms with Crippen LogP contribution in [0.1, 0.15) is 21.6 Å². The summed E-state index contributed by atoms with van der Waals surface area (Å²) >= 11 is 0. The number of aromatic amines is 1. The number of aromatic nitrogens is 1. The zero-order valence-electron chi connectivity index (χ0n) is 14.7. The summed E-state index contributed by atoms with van der Waals surface area (Å²) < 4.78 is 5.13. The summed E-state index contributed by atoms with van der Waals surface area (Å²) in [6, 6.07) is 11.4. The van der Waals surface area contributed by atoms with Crippen LogP contribution in [0.5, 0.6) is 0 Å². The van der Waals surface area contributed by atoms with Crippen molar-refractivity contribution in [1.29, 1.82) is 0 Å². The van der Waals surface area contributed by atoms with E-state index in [0.29, 0.717) is 22.5 Å². The molecule has 0 aliphatic rings. The third-order valence-corrected chi connectivity index (χ3v) is 4.13. The molecule has 0 spiro atoms. The molecule has 2 aromatic carbocycles. The summed E-state index contributed by atoms with van der Waals surface area (Å²) in [5, 5.41) is 14.1. The number of esters is 1. The molecule has 0 aliphatic heterocycles. The van der Waals surface area contributed by atoms with Crippen molar-refractivity contribution in [2.24, 2.45) is 0 Å². The molecule has 0 bridgehead atoms. The number of amides is 1. The van der Waals surface area contributed by atoms with Gasteiger partial charge in [0.15, 0.2) is 6.61 Å². The van der Waals surface area contributed by atoms with Gasteiger partial charge in [-0.3, -0.25) is 14.9 Å². The van der Waals surface area contributed by atoms with Gasteiger partial charge in [-0.05, 0) is 31.5 Å². The molecule has 3 aromatic rings. The normalized spacial score (nSPS) is 10.6. The molecule has 138 valence electrons. The number of rotatable bonds is 5. The number of nitrogens with zero attached hydrogens (tertiary/aromatic N) is 1. The number of anilines is 1. The van der Waals surface area contributed by atoms with Crippen LogP contribution < -0.4 is 5.32 Å². The number of aryl methyl sites for hydroxylation is 2. The number of H-pyrrole nitrogens is 1. The van der Waals surface area contributed by atoms with E-state index in [9.17, 15) is 19.7 Å². The maximum atomic E-state index is 12.4. The highest BCUT2D eigenvalue weighted by molar-refractivity contribution is 6.06. The monoisotopic (exact) mass is 367 g/mol. The van der Waals surface area contributed by atoms with Crippen molar-refractivity contribution in [2.75, 3.05) is 11.9 Å². The van der Waals surface area contributed by atoms with E-state index in [1.54, 1.807) is 19.9 Å². The van der Waals surface area contributed by atoms with Crippen molar-refractivity contribution >= 4 is 34.2 Å². The predicted molar refractivity (Wildman–Crippen MR) is 99.8 cm³/mol. The summed E-state index contributed by atoms with van der Waals surface area (Å²) in [7, 11) is 0. The van der Waals surface area contributed by atoms with Crippen LogP contribution in [0.3, 0.4) is 0 Å². The Morgan fingerprint density at radius 3 is 2.63 bits per heavy atom. The Morgan fingerprint density at radius 1 is 1.19 bits per heavy atom. The Bertz CT molecular complexity index is 1050. The third kappa shape index (κ3) is 3.79. The minimum absolute atomic E-state index is 0.0632. The quantitative estimate of drug-likeness (QED) is 0.407. The van der Waals surface area contributed by atoms with E-state index in [0.717, 1.165) is 10.9 Å². The lowest BCUT2D eigenvalue weighted by Gasteiger charge is -2.09. The van der Waals surface area contributed by atoms with Gasteiger partial charge in [0.1, 0.15) is 0 Å². The second-order valence-electron chi connectivity index (χ2n) is 6.05. The molecule has 1 heterocycles. The molecule has 0 unspecified atom stereocenters. The fourth-order valence-corrected chi connectivity index (χ4v) is 2.83. The van der Waals surface area contributed by atoms with Gasteiger partial charge in [0.05, 0.1) is 10.5 Å². The highest BCUT2D eigenvalue weighted by atomic mass is 16.6. The lowest BCUT2D eigenvalue weighted by Crippen LogP contribution is -2.21. The number of para-hydroxylation sites is 1. The van der Waals surface area contributed by atoms with Crippen molar-refractivity contribution in [2.45, 2.75) is 13.8 Å². The molecule has 27 heavy (non-hydrogen) atoms. The fraction of sp³-hybridized carbons (Fsp3) is 0.158. The minimum Gasteiger partial charge on any atom is -0.452 e. The van der Waals surface area contributed by atoms with E-state index in [4.69, 9.17) is 4.74 Å². The largest absolute Gasteiger partial charge is 0.452 e. The summed E-state index contributed by atoms with van der Waals surface area (Å²) in [5.74, 6) is -1.13. The first-order valence-electron chi connectivity index (χ1n) is 8.16. The fourth-order valence-electron chi connectivity index (χ4n) is 2.83. The Kier molecular flexibility index (Phi) is 4.89. The molecule has 8 heteroatoms. The molecule has 0 saturated carbocycles. The van der Waals surface area contributed by atoms with E-state index in [-0.39, 0.29) is 5.69 Å². The zero-order valence-corrected chi connectivity index (χ0v) is 14.7. The van der Waals surface area contributed by atoms with Gasteiger partial charge in [-0.15, -0.1) is 0 Å². The number of hydrogen-bond donors (Lipinski definition) is 2. The van der Waals surface area contributed by atoms with E-state index in [1.807, 2.05) is 18.2 Å². The average molecular weight is 367 g/mol. The topological polar surface area (TPSA) is 114 Å². The van der Waals surface area contributed by atoms with E-state index >= 15 is 0 Å². The number of nitro benzene ring substituents is 1. The lowest BCUT2D eigenvalue weighted by atomic mass is 10.1. The number of carbonyl (C=O) groups is 2. The molecule has 8 nitrogen and oxygen atoms in total. The van der Waals surface area contributed by atoms with Crippen molar-refractivity contribution < 1.29 is 19.2 Å². The van der Waals surface area contributed by atoms with Crippen LogP contribution in [-0.2, 0) is 9.53 Å². The molecular formula is C19H17N3O5. The number of nitrogens with one attached hydrogen (secondary N) is 2. The summed E-state index contributed by atoms with van der Waals surface area (Å²) in [6.07, 6.45) is 0. The Hall–Kier alpha value is -3.68. The number of fused-ring (bicyclic) bond motifs is 1. The van der Waals surface area contributed by atoms with E-state index in [2.05, 4.69) is 10.3 Å². The highest BCUT2D eigenvalue weighted by Crippen LogP contribution is 2.23. The second-order valence-corrected chi connectivity index (χ2v) is 6.05. The smallest absolute Gasteiger partial charge is 0.341 e. The second kappa shape index (κ2) is 7.28. The molecular weight excluding hydrogens is 350 g/mol. The Morgan fingerprint density at radius 2 is 1.93 bits per heavy atom. The van der Waals surface area contributed by atoms with E-state index in [1.165, 1.54) is 18.2 Å². The van der Waals surface area contributed by atoms with Gasteiger partial charge in [0, 0.05) is 34.4 Å². The first-order valence-corrected chi connectivity index (χ1v) is 8.16. The first kappa shape index (κ1) is 18.1. The number of carbonyl (C=O) groups excluding carboxylic acids is 2. The van der Waals surface area contributed by atoms with Gasteiger partial charge >= 0.3 is 5.97 Å². The Labute approximate surface area is 154 Å². The number of non-ortho nitro benzene ring substituents is 1. The maximum absolute atomic E-state index is 12.4. The molecule has 0 saturated heterocycles. The minimum atomic E-state index is -0.597. The van der Waals surface area contributed by atoms with Crippen molar-refractivity contribution in [3.8, 4) is 0 Å². The molecule has 0 atom stereocenters. The van der Waals surface area contributed by atoms with Crippen LogP contribution in [0, 0.1) is 24.0 Å². The van der Waals surface area contributed by atoms with Crippen molar-refractivity contribution in [3.63, 3.8) is 0 Å². The number of ether oxygens (including phenoxy) is 1. The lowest BCUT2D eigenvalue weighted by molar-refractivity contribution is -0.384. The SMILES string of the molecule is Cc1cc([N+](=O)[O-])ccc1NC(=O)COC(=O)c1c(C)[nH]c2ccccc12. The predicted octanol–water partition coefficient (Wildman–Crippen LogP) is 3.49. The molecule has 3 rings (SSSR count). The van der Waals surface area contributed by atoms with E-state index < -0.39 is 23.4 Å². The van der Waals surface area contributed by atoms with Crippen LogP contribution in [0.4, 0.5) is 11.4 Å². The van der Waals surface area contributed by atoms with Gasteiger partial charge in [0.2, 0.25) is 0 Å². The highest BCUT2D eigenvalue weighted by Gasteiger charge is 2.18. The van der Waals surface area contributed by atoms with Crippen molar-refractivity contribution in [1.82, 2.24) is 4.98 Å². The molecule has 1 amide bonds. The van der Waals surface area contributed by atoms with Crippen LogP contribution in [0.25, 0.3) is 10.9 Å². The van der Waals surface area contributed by atoms with Crippen LogP contribution >= 0.6 is 0 Å². The van der Waals surface area contributed by atoms with Crippen LogP contribution in [0.15, 0.2) is 42.5 Å². The standard InChI is InChI=1S/C19H17N3O5/c1-11-9-13(22(25)26)7-8-15(11)21-17(23)10-27-19(24)18-12(2)20-16-6-4-3-5-14(16)18/h3-9,20H,10H2,1-2H3,(H,21,23). The number of nitro groups is 1. The van der Waals surface area contributed by atoms with Gasteiger partial charge in [0.25, 0.3) is 11.6 Å². The zero-order chi connectivity index (χ0) is 19.6. The van der Waals surface area contributed by atoms with Crippen molar-refractivity contribution in [3.05, 3.63) is 69.4 Å². The first-order chi connectivity index (χ1) is 12.9. The van der Waals surface area contributed by atoms with Crippen LogP contribution in [0.2, 0.25) is 0 Å². The molecule has 1 aromatic heterocycles. The summed E-state index contributed by atoms with van der Waals surface area (Å²) in [4.78, 5) is 37.8. The summed E-state index contributed by atoms with van der Waals surface area (Å²) in [5.41, 5.74) is 2.76. The molecule has 2 N–H and O–H groups in total.